The Morgan fingerprint density at radius 2 is 1.62 bits per heavy atom. The molecule has 0 fully saturated rings. The Bertz CT molecular complexity index is 669. The zero-order valence-corrected chi connectivity index (χ0v) is 14.4. The quantitative estimate of drug-likeness (QED) is 0.738. The molecule has 10 heteroatoms. The van der Waals surface area contributed by atoms with Crippen LogP contribution in [0.2, 0.25) is 0 Å². The Balaban J connectivity index is 2.98. The molecule has 0 saturated heterocycles. The van der Waals surface area contributed by atoms with Crippen LogP contribution >= 0.6 is 0 Å². The van der Waals surface area contributed by atoms with E-state index < -0.39 is 29.5 Å². The van der Waals surface area contributed by atoms with Crippen molar-refractivity contribution in [3.8, 4) is 5.75 Å². The molecule has 0 aliphatic heterocycles. The first kappa shape index (κ1) is 22.0. The molecular weight excluding hydrogens is 371 g/mol. The highest BCUT2D eigenvalue weighted by Gasteiger charge is 2.76. The third-order valence-corrected chi connectivity index (χ3v) is 3.59. The molecule has 3 nitrogen and oxygen atoms in total. The van der Waals surface area contributed by atoms with E-state index >= 15 is 0 Å². The average molecular weight is 389 g/mol. The number of alkyl halides is 7. The molecule has 1 amide bonds. The van der Waals surface area contributed by atoms with Gasteiger partial charge in [0.25, 0.3) is 5.91 Å². The van der Waals surface area contributed by atoms with Gasteiger partial charge in [-0.25, -0.2) is 0 Å². The predicted octanol–water partition coefficient (Wildman–Crippen LogP) is 4.27. The lowest BCUT2D eigenvalue weighted by molar-refractivity contribution is -0.344. The number of aryl methyl sites for hydroxylation is 1. The van der Waals surface area contributed by atoms with Crippen LogP contribution in [0.3, 0.4) is 0 Å². The van der Waals surface area contributed by atoms with Crippen LogP contribution in [0, 0.1) is 6.92 Å². The van der Waals surface area contributed by atoms with Crippen LogP contribution in [0.15, 0.2) is 18.2 Å². The second-order valence-electron chi connectivity index (χ2n) is 6.47. The van der Waals surface area contributed by atoms with Crippen LogP contribution in [0.5, 0.6) is 5.75 Å². The third kappa shape index (κ3) is 4.39. The van der Waals surface area contributed by atoms with Crippen LogP contribution in [-0.4, -0.2) is 36.6 Å². The van der Waals surface area contributed by atoms with Crippen LogP contribution < -0.4 is 10.1 Å². The lowest BCUT2D eigenvalue weighted by Crippen LogP contribution is -2.62. The van der Waals surface area contributed by atoms with E-state index in [4.69, 9.17) is 4.74 Å². The normalized spacial score (nSPS) is 13.5. The fourth-order valence-corrected chi connectivity index (χ4v) is 2.31. The zero-order valence-electron chi connectivity index (χ0n) is 14.4. The van der Waals surface area contributed by atoms with Gasteiger partial charge in [0.05, 0.1) is 7.11 Å². The second-order valence-corrected chi connectivity index (χ2v) is 6.47. The van der Waals surface area contributed by atoms with Gasteiger partial charge in [0.2, 0.25) is 0 Å². The third-order valence-electron chi connectivity index (χ3n) is 3.59. The van der Waals surface area contributed by atoms with Gasteiger partial charge in [-0.2, -0.15) is 30.7 Å². The topological polar surface area (TPSA) is 38.3 Å². The molecule has 148 valence electrons. The van der Waals surface area contributed by atoms with E-state index in [1.807, 2.05) is 0 Å². The SMILES string of the molecule is COc1ccc(CC(C)(C)NC(=O)C(F)(F)C(F)(F)C(F)(F)F)cc1C. The van der Waals surface area contributed by atoms with Gasteiger partial charge in [0, 0.05) is 5.54 Å². The fourth-order valence-electron chi connectivity index (χ4n) is 2.31. The number of hydrogen-bond donors (Lipinski definition) is 1. The van der Waals surface area contributed by atoms with Gasteiger partial charge < -0.3 is 10.1 Å². The largest absolute Gasteiger partial charge is 0.496 e. The number of amides is 1. The summed E-state index contributed by atoms with van der Waals surface area (Å²) in [6, 6.07) is 4.76. The Morgan fingerprint density at radius 1 is 1.08 bits per heavy atom. The lowest BCUT2D eigenvalue weighted by atomic mass is 9.93. The minimum atomic E-state index is -6.56. The van der Waals surface area contributed by atoms with Crippen molar-refractivity contribution in [1.82, 2.24) is 5.32 Å². The number of hydrogen-bond acceptors (Lipinski definition) is 2. The number of halogens is 7. The molecule has 0 unspecified atom stereocenters. The van der Waals surface area contributed by atoms with E-state index in [0.29, 0.717) is 16.9 Å². The molecule has 0 bridgehead atoms. The van der Waals surface area contributed by atoms with E-state index in [0.717, 1.165) is 0 Å². The molecule has 1 aromatic carbocycles. The fraction of sp³-hybridized carbons (Fsp3) is 0.562. The van der Waals surface area contributed by atoms with Gasteiger partial charge in [-0.1, -0.05) is 12.1 Å². The molecule has 0 aliphatic carbocycles. The van der Waals surface area contributed by atoms with Crippen molar-refractivity contribution in [2.24, 2.45) is 0 Å². The van der Waals surface area contributed by atoms with Gasteiger partial charge in [-0.15, -0.1) is 0 Å². The Labute approximate surface area is 145 Å². The number of carbonyl (C=O) groups is 1. The molecule has 0 spiro atoms. The summed E-state index contributed by atoms with van der Waals surface area (Å²) in [6.07, 6.45) is -6.65. The molecule has 0 heterocycles. The molecule has 0 atom stereocenters. The summed E-state index contributed by atoms with van der Waals surface area (Å²) >= 11 is 0. The summed E-state index contributed by atoms with van der Waals surface area (Å²) < 4.78 is 94.3. The van der Waals surface area contributed by atoms with Crippen LogP contribution in [-0.2, 0) is 11.2 Å². The van der Waals surface area contributed by atoms with E-state index in [1.165, 1.54) is 21.0 Å². The van der Waals surface area contributed by atoms with Crippen molar-refractivity contribution in [1.29, 1.82) is 0 Å². The van der Waals surface area contributed by atoms with Crippen molar-refractivity contribution in [3.05, 3.63) is 29.3 Å². The summed E-state index contributed by atoms with van der Waals surface area (Å²) in [7, 11) is 1.44. The molecule has 0 aliphatic rings. The summed E-state index contributed by atoms with van der Waals surface area (Å²) in [5.41, 5.74) is -0.274. The summed E-state index contributed by atoms with van der Waals surface area (Å²) in [4.78, 5) is 11.5. The number of nitrogens with one attached hydrogen (secondary N) is 1. The molecule has 1 N–H and O–H groups in total. The van der Waals surface area contributed by atoms with Crippen molar-refractivity contribution >= 4 is 5.91 Å². The number of carbonyl (C=O) groups excluding carboxylic acids is 1. The highest BCUT2D eigenvalue weighted by molar-refractivity contribution is 5.85. The minimum Gasteiger partial charge on any atom is -0.496 e. The zero-order chi connectivity index (χ0) is 20.6. The van der Waals surface area contributed by atoms with Crippen molar-refractivity contribution < 1.29 is 40.3 Å². The Morgan fingerprint density at radius 3 is 2.04 bits per heavy atom. The van der Waals surface area contributed by atoms with E-state index in [-0.39, 0.29) is 6.42 Å². The first-order valence-corrected chi connectivity index (χ1v) is 7.33. The highest BCUT2D eigenvalue weighted by Crippen LogP contribution is 2.46. The summed E-state index contributed by atoms with van der Waals surface area (Å²) in [6.45, 7) is 4.16. The van der Waals surface area contributed by atoms with Crippen LogP contribution in [0.1, 0.15) is 25.0 Å². The maximum Gasteiger partial charge on any atom is 0.460 e. The molecule has 1 rings (SSSR count). The van der Waals surface area contributed by atoms with Crippen LogP contribution in [0.4, 0.5) is 30.7 Å². The Hall–Kier alpha value is -2.00. The first-order chi connectivity index (χ1) is 11.5. The van der Waals surface area contributed by atoms with E-state index in [1.54, 1.807) is 30.4 Å². The van der Waals surface area contributed by atoms with Gasteiger partial charge >= 0.3 is 18.0 Å². The number of benzene rings is 1. The van der Waals surface area contributed by atoms with Gasteiger partial charge in [-0.3, -0.25) is 4.79 Å². The number of rotatable bonds is 6. The van der Waals surface area contributed by atoms with E-state index in [2.05, 4.69) is 0 Å². The molecule has 0 saturated carbocycles. The number of ether oxygens (including phenoxy) is 1. The maximum absolute atomic E-state index is 13.4. The van der Waals surface area contributed by atoms with Crippen molar-refractivity contribution in [2.75, 3.05) is 7.11 Å². The van der Waals surface area contributed by atoms with Crippen molar-refractivity contribution in [3.63, 3.8) is 0 Å². The lowest BCUT2D eigenvalue weighted by Gasteiger charge is -2.32. The molecule has 1 aromatic rings. The summed E-state index contributed by atoms with van der Waals surface area (Å²) in [5.74, 6) is -14.6. The van der Waals surface area contributed by atoms with Crippen LogP contribution in [0.25, 0.3) is 0 Å². The predicted molar refractivity (Wildman–Crippen MR) is 79.6 cm³/mol. The Kier molecular flexibility index (Phi) is 5.90. The molecule has 26 heavy (non-hydrogen) atoms. The number of methoxy groups -OCH3 is 1. The van der Waals surface area contributed by atoms with E-state index in [9.17, 15) is 35.5 Å². The standard InChI is InChI=1S/C16H18F7NO2/c1-9-7-10(5-6-11(9)26-4)8-13(2,3)24-12(25)14(17,18)15(19,20)16(21,22)23/h5-7H,8H2,1-4H3,(H,24,25). The van der Waals surface area contributed by atoms with Crippen molar-refractivity contribution in [2.45, 2.75) is 50.8 Å². The first-order valence-electron chi connectivity index (χ1n) is 7.33. The smallest absolute Gasteiger partial charge is 0.460 e. The molecule has 0 radical (unpaired) electrons. The maximum atomic E-state index is 13.4. The van der Waals surface area contributed by atoms with Gasteiger partial charge in [0.15, 0.2) is 0 Å². The minimum absolute atomic E-state index is 0.0861. The summed E-state index contributed by atoms with van der Waals surface area (Å²) in [5, 5.41) is 1.57. The average Bonchev–Trinajstić information content (AvgIpc) is 2.44. The second kappa shape index (κ2) is 6.96. The molecule has 0 aromatic heterocycles. The van der Waals surface area contributed by atoms with Gasteiger partial charge in [0.1, 0.15) is 5.75 Å². The monoisotopic (exact) mass is 389 g/mol. The van der Waals surface area contributed by atoms with Gasteiger partial charge in [-0.05, 0) is 44.4 Å². The highest BCUT2D eigenvalue weighted by atomic mass is 19.4. The molecular formula is C16H18F7NO2.